The quantitative estimate of drug-likeness (QED) is 0.628. The average Bonchev–Trinajstić information content (AvgIpc) is 2.29. The van der Waals surface area contributed by atoms with Crippen molar-refractivity contribution in [3.63, 3.8) is 0 Å². The normalized spacial score (nSPS) is 32.2. The number of aliphatic hydroxyl groups excluding tert-OH is 2. The number of nitrogens with two attached hydrogens (primary N) is 1. The zero-order valence-corrected chi connectivity index (χ0v) is 9.03. The molecule has 94 valence electrons. The summed E-state index contributed by atoms with van der Waals surface area (Å²) in [5, 5.41) is 18.1. The Morgan fingerprint density at radius 2 is 2.06 bits per heavy atom. The van der Waals surface area contributed by atoms with Crippen molar-refractivity contribution in [2.24, 2.45) is 11.8 Å². The van der Waals surface area contributed by atoms with Gasteiger partial charge in [-0.25, -0.2) is 9.18 Å². The summed E-state index contributed by atoms with van der Waals surface area (Å²) in [7, 11) is 0. The standard InChI is InChI=1S/C10H14FN3O3/c11-8-5(3-15)6(4-16)9(8)14-2-1-7(12)13-10(14)17/h1-2,5-6,8-9,15-16H,3-4H2,(H2,12,13,17)/t5?,6-,8?,9-/m0/s1. The molecule has 7 heteroatoms. The molecule has 4 atom stereocenters. The van der Waals surface area contributed by atoms with Crippen LogP contribution in [0.5, 0.6) is 0 Å². The van der Waals surface area contributed by atoms with Crippen molar-refractivity contribution >= 4 is 5.82 Å². The van der Waals surface area contributed by atoms with Crippen LogP contribution in [0, 0.1) is 11.8 Å². The van der Waals surface area contributed by atoms with Crippen LogP contribution in [0.25, 0.3) is 0 Å². The molecule has 0 aromatic carbocycles. The van der Waals surface area contributed by atoms with Crippen molar-refractivity contribution in [3.8, 4) is 0 Å². The van der Waals surface area contributed by atoms with Crippen LogP contribution in [-0.4, -0.2) is 39.1 Å². The van der Waals surface area contributed by atoms with Gasteiger partial charge in [-0.1, -0.05) is 0 Å². The van der Waals surface area contributed by atoms with Gasteiger partial charge in [-0.05, 0) is 6.07 Å². The van der Waals surface area contributed by atoms with Gasteiger partial charge >= 0.3 is 5.69 Å². The molecule has 0 spiro atoms. The molecule has 1 aromatic heterocycles. The minimum atomic E-state index is -1.36. The maximum absolute atomic E-state index is 13.8. The van der Waals surface area contributed by atoms with Crippen LogP contribution in [0.15, 0.2) is 17.1 Å². The first kappa shape index (κ1) is 12.0. The number of aromatic nitrogens is 2. The Balaban J connectivity index is 2.31. The van der Waals surface area contributed by atoms with Crippen molar-refractivity contribution in [1.82, 2.24) is 9.55 Å². The largest absolute Gasteiger partial charge is 0.396 e. The van der Waals surface area contributed by atoms with Crippen LogP contribution in [0.4, 0.5) is 10.2 Å². The van der Waals surface area contributed by atoms with E-state index in [0.717, 1.165) is 4.57 Å². The molecule has 0 saturated heterocycles. The zero-order valence-electron chi connectivity index (χ0n) is 9.03. The molecule has 1 aliphatic rings. The van der Waals surface area contributed by atoms with Crippen LogP contribution < -0.4 is 11.4 Å². The minimum Gasteiger partial charge on any atom is -0.396 e. The second-order valence-electron chi connectivity index (χ2n) is 4.17. The number of rotatable bonds is 3. The van der Waals surface area contributed by atoms with Gasteiger partial charge in [0, 0.05) is 31.2 Å². The second-order valence-corrected chi connectivity index (χ2v) is 4.17. The van der Waals surface area contributed by atoms with Gasteiger partial charge in [-0.2, -0.15) is 4.98 Å². The molecule has 2 rings (SSSR count). The average molecular weight is 243 g/mol. The number of hydrogen-bond donors (Lipinski definition) is 3. The number of aliphatic hydroxyl groups is 2. The molecule has 17 heavy (non-hydrogen) atoms. The van der Waals surface area contributed by atoms with Gasteiger partial charge in [-0.3, -0.25) is 4.57 Å². The summed E-state index contributed by atoms with van der Waals surface area (Å²) < 4.78 is 14.9. The molecule has 0 bridgehead atoms. The Labute approximate surface area is 96.5 Å². The van der Waals surface area contributed by atoms with Gasteiger partial charge in [0.2, 0.25) is 0 Å². The first-order chi connectivity index (χ1) is 8.10. The van der Waals surface area contributed by atoms with Crippen LogP contribution >= 0.6 is 0 Å². The van der Waals surface area contributed by atoms with Crippen molar-refractivity contribution in [2.45, 2.75) is 12.2 Å². The highest BCUT2D eigenvalue weighted by Crippen LogP contribution is 2.45. The van der Waals surface area contributed by atoms with Gasteiger partial charge in [0.05, 0.1) is 6.04 Å². The van der Waals surface area contributed by atoms with Crippen molar-refractivity contribution in [3.05, 3.63) is 22.7 Å². The molecule has 6 nitrogen and oxygen atoms in total. The zero-order chi connectivity index (χ0) is 12.6. The lowest BCUT2D eigenvalue weighted by Gasteiger charge is -2.46. The van der Waals surface area contributed by atoms with Gasteiger partial charge in [-0.15, -0.1) is 0 Å². The maximum atomic E-state index is 13.8. The number of anilines is 1. The molecule has 1 aromatic rings. The van der Waals surface area contributed by atoms with E-state index in [0.29, 0.717) is 0 Å². The summed E-state index contributed by atoms with van der Waals surface area (Å²) in [4.78, 5) is 15.0. The van der Waals surface area contributed by atoms with E-state index in [2.05, 4.69) is 4.98 Å². The first-order valence-corrected chi connectivity index (χ1v) is 5.30. The summed E-state index contributed by atoms with van der Waals surface area (Å²) in [6.07, 6.45) is -0.00156. The van der Waals surface area contributed by atoms with Gasteiger partial charge < -0.3 is 15.9 Å². The van der Waals surface area contributed by atoms with Gasteiger partial charge in [0.25, 0.3) is 0 Å². The second kappa shape index (κ2) is 4.42. The number of hydrogen-bond acceptors (Lipinski definition) is 5. The number of alkyl halides is 1. The van der Waals surface area contributed by atoms with Crippen molar-refractivity contribution < 1.29 is 14.6 Å². The van der Waals surface area contributed by atoms with Crippen LogP contribution in [0.1, 0.15) is 6.04 Å². The van der Waals surface area contributed by atoms with Crippen molar-refractivity contribution in [2.75, 3.05) is 18.9 Å². The highest BCUT2D eigenvalue weighted by molar-refractivity contribution is 5.24. The Kier molecular flexibility index (Phi) is 3.12. The van der Waals surface area contributed by atoms with Crippen LogP contribution in [0.3, 0.4) is 0 Å². The summed E-state index contributed by atoms with van der Waals surface area (Å²) in [6.45, 7) is -0.632. The molecule has 2 unspecified atom stereocenters. The third-order valence-electron chi connectivity index (χ3n) is 3.32. The minimum absolute atomic E-state index is 0.0697. The summed E-state index contributed by atoms with van der Waals surface area (Å²) in [5.74, 6) is -1.03. The number of nitrogen functional groups attached to an aromatic ring is 1. The van der Waals surface area contributed by atoms with Crippen molar-refractivity contribution in [1.29, 1.82) is 0 Å². The molecule has 1 saturated carbocycles. The van der Waals surface area contributed by atoms with Gasteiger partial charge in [0.1, 0.15) is 12.0 Å². The fraction of sp³-hybridized carbons (Fsp3) is 0.600. The van der Waals surface area contributed by atoms with Crippen LogP contribution in [0.2, 0.25) is 0 Å². The molecule has 4 N–H and O–H groups in total. The lowest BCUT2D eigenvalue weighted by atomic mass is 9.68. The van der Waals surface area contributed by atoms with E-state index in [4.69, 9.17) is 15.9 Å². The monoisotopic (exact) mass is 243 g/mol. The molecule has 0 radical (unpaired) electrons. The van der Waals surface area contributed by atoms with E-state index in [1.54, 1.807) is 0 Å². The van der Waals surface area contributed by atoms with E-state index in [1.165, 1.54) is 12.3 Å². The molecule has 0 aliphatic heterocycles. The maximum Gasteiger partial charge on any atom is 0.349 e. The van der Waals surface area contributed by atoms with Gasteiger partial charge in [0.15, 0.2) is 0 Å². The van der Waals surface area contributed by atoms with E-state index in [9.17, 15) is 9.18 Å². The first-order valence-electron chi connectivity index (χ1n) is 5.30. The summed E-state index contributed by atoms with van der Waals surface area (Å²) >= 11 is 0. The lowest BCUT2D eigenvalue weighted by molar-refractivity contribution is -0.0874. The Bertz CT molecular complexity index is 464. The molecule has 1 aliphatic carbocycles. The molecular formula is C10H14FN3O3. The number of halogens is 1. The molecular weight excluding hydrogens is 229 g/mol. The third-order valence-corrected chi connectivity index (χ3v) is 3.32. The van der Waals surface area contributed by atoms with Crippen LogP contribution in [-0.2, 0) is 0 Å². The highest BCUT2D eigenvalue weighted by Gasteiger charge is 2.51. The summed E-state index contributed by atoms with van der Waals surface area (Å²) in [5.41, 5.74) is 4.69. The Morgan fingerprint density at radius 3 is 2.59 bits per heavy atom. The van der Waals surface area contributed by atoms with E-state index >= 15 is 0 Å². The lowest BCUT2D eigenvalue weighted by Crippen LogP contribution is -2.55. The Morgan fingerprint density at radius 1 is 1.41 bits per heavy atom. The molecule has 1 heterocycles. The predicted octanol–water partition coefficient (Wildman–Crippen LogP) is -1.06. The predicted molar refractivity (Wildman–Crippen MR) is 58.0 cm³/mol. The van der Waals surface area contributed by atoms with E-state index in [1.807, 2.05) is 0 Å². The van der Waals surface area contributed by atoms with E-state index in [-0.39, 0.29) is 19.0 Å². The Hall–Kier alpha value is -1.47. The topological polar surface area (TPSA) is 101 Å². The molecule has 0 amide bonds. The SMILES string of the molecule is Nc1ccn([C@@H]2C(F)C(CO)[C@@H]2CO)c(=O)n1. The highest BCUT2D eigenvalue weighted by atomic mass is 19.1. The third kappa shape index (κ3) is 1.81. The summed E-state index contributed by atoms with van der Waals surface area (Å²) in [6, 6.07) is 0.618. The number of nitrogens with zero attached hydrogens (tertiary/aromatic N) is 2. The fourth-order valence-electron chi connectivity index (χ4n) is 2.33. The molecule has 1 fully saturated rings. The smallest absolute Gasteiger partial charge is 0.349 e. The van der Waals surface area contributed by atoms with E-state index < -0.39 is 29.7 Å². The fourth-order valence-corrected chi connectivity index (χ4v) is 2.33.